The Balaban J connectivity index is 1.58. The van der Waals surface area contributed by atoms with Crippen LogP contribution in [0, 0.1) is 0 Å². The molecule has 2 N–H and O–H groups in total. The van der Waals surface area contributed by atoms with Gasteiger partial charge in [0.05, 0.1) is 6.42 Å². The molecular formula is C15H14N6O. The highest BCUT2D eigenvalue weighted by Crippen LogP contribution is 2.13. The molecule has 110 valence electrons. The van der Waals surface area contributed by atoms with Gasteiger partial charge < -0.3 is 5.32 Å². The molecule has 0 fully saturated rings. The van der Waals surface area contributed by atoms with Crippen molar-refractivity contribution in [2.75, 3.05) is 5.32 Å². The number of aromatic amines is 1. The standard InChI is InChI=1S/C15H14N6O/c22-15(10-14-18-20-21-19-14)17-13-3-1-11(2-4-13)9-12-5-7-16-8-6-12/h1-8H,9-10H2,(H,17,22)(H,18,19,20,21). The van der Waals surface area contributed by atoms with E-state index in [1.807, 2.05) is 36.4 Å². The van der Waals surface area contributed by atoms with E-state index in [1.54, 1.807) is 12.4 Å². The van der Waals surface area contributed by atoms with E-state index >= 15 is 0 Å². The molecule has 0 aliphatic heterocycles. The summed E-state index contributed by atoms with van der Waals surface area (Å²) >= 11 is 0. The van der Waals surface area contributed by atoms with E-state index in [2.05, 4.69) is 30.9 Å². The molecule has 2 aromatic heterocycles. The summed E-state index contributed by atoms with van der Waals surface area (Å²) < 4.78 is 0. The maximum absolute atomic E-state index is 11.8. The van der Waals surface area contributed by atoms with Gasteiger partial charge in [-0.25, -0.2) is 0 Å². The van der Waals surface area contributed by atoms with Crippen molar-refractivity contribution in [1.29, 1.82) is 0 Å². The zero-order valence-corrected chi connectivity index (χ0v) is 11.7. The van der Waals surface area contributed by atoms with Crippen LogP contribution in [-0.2, 0) is 17.6 Å². The van der Waals surface area contributed by atoms with Crippen molar-refractivity contribution in [1.82, 2.24) is 25.6 Å². The maximum Gasteiger partial charge on any atom is 0.232 e. The van der Waals surface area contributed by atoms with Gasteiger partial charge in [-0.05, 0) is 41.8 Å². The SMILES string of the molecule is O=C(Cc1nn[nH]n1)Nc1ccc(Cc2ccncc2)cc1. The average Bonchev–Trinajstić information content (AvgIpc) is 3.03. The minimum Gasteiger partial charge on any atom is -0.326 e. The minimum atomic E-state index is -0.178. The van der Waals surface area contributed by atoms with Crippen LogP contribution in [0.15, 0.2) is 48.8 Å². The predicted octanol–water partition coefficient (Wildman–Crippen LogP) is 1.37. The molecule has 0 aliphatic rings. The summed E-state index contributed by atoms with van der Waals surface area (Å²) in [6.07, 6.45) is 4.48. The first-order chi connectivity index (χ1) is 10.8. The fraction of sp³-hybridized carbons (Fsp3) is 0.133. The lowest BCUT2D eigenvalue weighted by Crippen LogP contribution is -2.15. The molecule has 0 radical (unpaired) electrons. The molecule has 3 aromatic rings. The number of carbonyl (C=O) groups is 1. The van der Waals surface area contributed by atoms with Gasteiger partial charge in [-0.2, -0.15) is 5.21 Å². The van der Waals surface area contributed by atoms with Crippen LogP contribution in [0.5, 0.6) is 0 Å². The van der Waals surface area contributed by atoms with Crippen LogP contribution in [0.25, 0.3) is 0 Å². The van der Waals surface area contributed by atoms with Crippen molar-refractivity contribution in [2.45, 2.75) is 12.8 Å². The Kier molecular flexibility index (Phi) is 4.15. The van der Waals surface area contributed by atoms with E-state index < -0.39 is 0 Å². The van der Waals surface area contributed by atoms with E-state index in [-0.39, 0.29) is 12.3 Å². The molecule has 0 saturated heterocycles. The van der Waals surface area contributed by atoms with E-state index in [4.69, 9.17) is 0 Å². The van der Waals surface area contributed by atoms with Gasteiger partial charge in [0.2, 0.25) is 5.91 Å². The summed E-state index contributed by atoms with van der Waals surface area (Å²) in [5.74, 6) is 0.190. The Morgan fingerprint density at radius 1 is 1.05 bits per heavy atom. The number of carbonyl (C=O) groups excluding carboxylic acids is 1. The van der Waals surface area contributed by atoms with Crippen LogP contribution in [-0.4, -0.2) is 31.5 Å². The molecule has 3 rings (SSSR count). The smallest absolute Gasteiger partial charge is 0.232 e. The summed E-state index contributed by atoms with van der Waals surface area (Å²) in [6.45, 7) is 0. The molecule has 0 bridgehead atoms. The third kappa shape index (κ3) is 3.72. The number of amides is 1. The van der Waals surface area contributed by atoms with Gasteiger partial charge in [0, 0.05) is 18.1 Å². The average molecular weight is 294 g/mol. The van der Waals surface area contributed by atoms with Crippen LogP contribution in [0.2, 0.25) is 0 Å². The van der Waals surface area contributed by atoms with Crippen LogP contribution in [0.1, 0.15) is 17.0 Å². The summed E-state index contributed by atoms with van der Waals surface area (Å²) in [5, 5.41) is 16.0. The molecule has 0 atom stereocenters. The number of nitrogens with one attached hydrogen (secondary N) is 2. The highest BCUT2D eigenvalue weighted by Gasteiger charge is 2.07. The third-order valence-corrected chi connectivity index (χ3v) is 3.10. The molecule has 22 heavy (non-hydrogen) atoms. The van der Waals surface area contributed by atoms with Crippen molar-refractivity contribution < 1.29 is 4.79 Å². The molecule has 0 saturated carbocycles. The van der Waals surface area contributed by atoms with E-state index in [0.29, 0.717) is 5.82 Å². The molecule has 1 amide bonds. The normalized spacial score (nSPS) is 10.4. The topological polar surface area (TPSA) is 96.5 Å². The number of anilines is 1. The molecule has 0 spiro atoms. The number of tetrazole rings is 1. The number of aromatic nitrogens is 5. The predicted molar refractivity (Wildman–Crippen MR) is 80.0 cm³/mol. The van der Waals surface area contributed by atoms with E-state index in [1.165, 1.54) is 11.1 Å². The Morgan fingerprint density at radius 2 is 1.77 bits per heavy atom. The van der Waals surface area contributed by atoms with Crippen LogP contribution in [0.3, 0.4) is 0 Å². The molecule has 0 aliphatic carbocycles. The van der Waals surface area contributed by atoms with Gasteiger partial charge in [-0.3, -0.25) is 9.78 Å². The highest BCUT2D eigenvalue weighted by atomic mass is 16.1. The lowest BCUT2D eigenvalue weighted by Gasteiger charge is -2.06. The molecule has 2 heterocycles. The number of H-pyrrole nitrogens is 1. The van der Waals surface area contributed by atoms with Crippen LogP contribution >= 0.6 is 0 Å². The van der Waals surface area contributed by atoms with Crippen molar-refractivity contribution in [3.05, 3.63) is 65.7 Å². The first-order valence-electron chi connectivity index (χ1n) is 6.79. The van der Waals surface area contributed by atoms with Gasteiger partial charge in [-0.1, -0.05) is 17.3 Å². The quantitative estimate of drug-likeness (QED) is 0.740. The number of hydrogen-bond donors (Lipinski definition) is 2. The van der Waals surface area contributed by atoms with Gasteiger partial charge in [0.15, 0.2) is 5.82 Å². The van der Waals surface area contributed by atoms with Crippen LogP contribution in [0.4, 0.5) is 5.69 Å². The van der Waals surface area contributed by atoms with Crippen molar-refractivity contribution >= 4 is 11.6 Å². The summed E-state index contributed by atoms with van der Waals surface area (Å²) in [5.41, 5.74) is 3.11. The third-order valence-electron chi connectivity index (χ3n) is 3.10. The van der Waals surface area contributed by atoms with Gasteiger partial charge in [-0.15, -0.1) is 10.2 Å². The van der Waals surface area contributed by atoms with E-state index in [0.717, 1.165) is 12.1 Å². The zero-order chi connectivity index (χ0) is 15.2. The fourth-order valence-electron chi connectivity index (χ4n) is 2.05. The first-order valence-corrected chi connectivity index (χ1v) is 6.79. The molecule has 1 aromatic carbocycles. The van der Waals surface area contributed by atoms with E-state index in [9.17, 15) is 4.79 Å². The van der Waals surface area contributed by atoms with Crippen molar-refractivity contribution in [3.8, 4) is 0 Å². The Morgan fingerprint density at radius 3 is 2.45 bits per heavy atom. The number of nitrogens with zero attached hydrogens (tertiary/aromatic N) is 4. The van der Waals surface area contributed by atoms with Crippen molar-refractivity contribution in [2.24, 2.45) is 0 Å². The molecule has 7 nitrogen and oxygen atoms in total. The summed E-state index contributed by atoms with van der Waals surface area (Å²) in [4.78, 5) is 15.8. The second-order valence-corrected chi connectivity index (χ2v) is 4.78. The lowest BCUT2D eigenvalue weighted by molar-refractivity contribution is -0.115. The molecular weight excluding hydrogens is 280 g/mol. The highest BCUT2D eigenvalue weighted by molar-refractivity contribution is 5.91. The number of hydrogen-bond acceptors (Lipinski definition) is 5. The number of rotatable bonds is 5. The second-order valence-electron chi connectivity index (χ2n) is 4.78. The zero-order valence-electron chi connectivity index (χ0n) is 11.7. The van der Waals surface area contributed by atoms with Gasteiger partial charge in [0.1, 0.15) is 0 Å². The van der Waals surface area contributed by atoms with Gasteiger partial charge in [0.25, 0.3) is 0 Å². The Bertz CT molecular complexity index is 724. The first kappa shape index (κ1) is 13.9. The lowest BCUT2D eigenvalue weighted by atomic mass is 10.1. The monoisotopic (exact) mass is 294 g/mol. The Labute approximate surface area is 126 Å². The number of pyridine rings is 1. The fourth-order valence-corrected chi connectivity index (χ4v) is 2.05. The number of benzene rings is 1. The Hall–Kier alpha value is -3.09. The second kappa shape index (κ2) is 6.57. The van der Waals surface area contributed by atoms with Gasteiger partial charge >= 0.3 is 0 Å². The minimum absolute atomic E-state index is 0.0925. The summed E-state index contributed by atoms with van der Waals surface area (Å²) in [7, 11) is 0. The van der Waals surface area contributed by atoms with Crippen LogP contribution < -0.4 is 5.32 Å². The molecule has 7 heteroatoms. The maximum atomic E-state index is 11.8. The molecule has 0 unspecified atom stereocenters. The summed E-state index contributed by atoms with van der Waals surface area (Å²) in [6, 6.07) is 11.7. The largest absolute Gasteiger partial charge is 0.326 e. The van der Waals surface area contributed by atoms with Crippen molar-refractivity contribution in [3.63, 3.8) is 0 Å².